The second-order valence-corrected chi connectivity index (χ2v) is 15.7. The van der Waals surface area contributed by atoms with Crippen molar-refractivity contribution >= 4 is 34.7 Å². The van der Waals surface area contributed by atoms with Gasteiger partial charge in [0.15, 0.2) is 0 Å². The maximum Gasteiger partial charge on any atom is 0.315 e. The van der Waals surface area contributed by atoms with E-state index in [0.717, 1.165) is 36.8 Å². The lowest BCUT2D eigenvalue weighted by atomic mass is 9.97. The molecule has 0 fully saturated rings. The van der Waals surface area contributed by atoms with Crippen molar-refractivity contribution in [3.8, 4) is 11.5 Å². The van der Waals surface area contributed by atoms with Crippen LogP contribution in [0.25, 0.3) is 0 Å². The van der Waals surface area contributed by atoms with E-state index in [2.05, 4.69) is 59.3 Å². The minimum atomic E-state index is -0.315. The number of benzene rings is 2. The van der Waals surface area contributed by atoms with E-state index in [1.807, 2.05) is 78.6 Å². The highest BCUT2D eigenvalue weighted by Crippen LogP contribution is 2.17. The van der Waals surface area contributed by atoms with E-state index in [4.69, 9.17) is 0 Å². The van der Waals surface area contributed by atoms with Crippen LogP contribution in [0.3, 0.4) is 0 Å². The summed E-state index contributed by atoms with van der Waals surface area (Å²) in [6, 6.07) is 18.7. The van der Waals surface area contributed by atoms with Gasteiger partial charge in [0.05, 0.1) is 0 Å². The van der Waals surface area contributed by atoms with Crippen LogP contribution in [-0.4, -0.2) is 97.0 Å². The molecule has 2 heterocycles. The highest BCUT2D eigenvalue weighted by atomic mass is 32.1. The molecule has 12 heteroatoms. The third-order valence-electron chi connectivity index (χ3n) is 8.40. The van der Waals surface area contributed by atoms with Crippen molar-refractivity contribution in [2.75, 3.05) is 41.3 Å². The topological polar surface area (TPSA) is 129 Å². The van der Waals surface area contributed by atoms with E-state index in [9.17, 15) is 19.8 Å². The van der Waals surface area contributed by atoms with Gasteiger partial charge >= 0.3 is 12.1 Å². The maximum atomic E-state index is 12.3. The Morgan fingerprint density at radius 3 is 1.65 bits per heavy atom. The monoisotopic (exact) mass is 736 g/mol. The number of hydrogen-bond acceptors (Lipinski definition) is 8. The molecule has 2 aromatic heterocycles. The summed E-state index contributed by atoms with van der Waals surface area (Å²) in [5, 5.41) is 39.5. The quantitative estimate of drug-likeness (QED) is 0.0825. The predicted molar refractivity (Wildman–Crippen MR) is 211 cm³/mol. The summed E-state index contributed by atoms with van der Waals surface area (Å²) in [5.74, 6) is 0.531. The van der Waals surface area contributed by atoms with Gasteiger partial charge in [0, 0.05) is 36.8 Å². The molecule has 6 N–H and O–H groups in total. The van der Waals surface area contributed by atoms with E-state index < -0.39 is 0 Å². The minimum absolute atomic E-state index is 0.0819. The van der Waals surface area contributed by atoms with Gasteiger partial charge in [-0.15, -0.1) is 0 Å². The van der Waals surface area contributed by atoms with Crippen molar-refractivity contribution in [1.29, 1.82) is 0 Å². The molecule has 0 aliphatic rings. The normalized spacial score (nSPS) is 13.1. The van der Waals surface area contributed by atoms with Crippen LogP contribution >= 0.6 is 22.7 Å². The van der Waals surface area contributed by atoms with Crippen molar-refractivity contribution in [2.24, 2.45) is 0 Å². The summed E-state index contributed by atoms with van der Waals surface area (Å²) in [7, 11) is 7.97. The van der Waals surface area contributed by atoms with Gasteiger partial charge < -0.3 is 41.3 Å². The van der Waals surface area contributed by atoms with Crippen LogP contribution in [0.5, 0.6) is 11.5 Å². The number of aromatic hydroxyl groups is 2. The van der Waals surface area contributed by atoms with Crippen LogP contribution in [0.4, 0.5) is 9.59 Å². The van der Waals surface area contributed by atoms with Gasteiger partial charge in [-0.2, -0.15) is 22.7 Å². The van der Waals surface area contributed by atoms with Crippen LogP contribution < -0.4 is 21.3 Å². The number of amides is 4. The van der Waals surface area contributed by atoms with E-state index in [0.29, 0.717) is 13.1 Å². The molecule has 278 valence electrons. The molecule has 0 saturated heterocycles. The number of thiophene rings is 2. The minimum Gasteiger partial charge on any atom is -0.508 e. The Balaban J connectivity index is 0.000000276. The van der Waals surface area contributed by atoms with Crippen LogP contribution in [0.2, 0.25) is 0 Å². The SMILES string of the molecule is CN(C)[C@H](CNC(=O)NC(C)(C)Cc1ccsc1)Cc1cccc(O)c1.C[C@@H](Cc1ccsc1)NC(=O)NC[C@H](Cc1cccc(O)c1)N(C)C. The second kappa shape index (κ2) is 20.7. The Morgan fingerprint density at radius 1 is 0.706 bits per heavy atom. The largest absolute Gasteiger partial charge is 0.508 e. The lowest BCUT2D eigenvalue weighted by Gasteiger charge is -2.28. The van der Waals surface area contributed by atoms with Crippen LogP contribution in [0.15, 0.2) is 82.2 Å². The number of hydrogen-bond donors (Lipinski definition) is 6. The Morgan fingerprint density at radius 2 is 1.20 bits per heavy atom. The molecule has 4 amide bonds. The van der Waals surface area contributed by atoms with Gasteiger partial charge in [0.25, 0.3) is 0 Å². The van der Waals surface area contributed by atoms with Crippen molar-refractivity contribution < 1.29 is 19.8 Å². The first-order valence-corrected chi connectivity index (χ1v) is 19.1. The zero-order chi connectivity index (χ0) is 37.4. The number of phenols is 2. The van der Waals surface area contributed by atoms with Gasteiger partial charge in [-0.3, -0.25) is 0 Å². The molecule has 0 saturated carbocycles. The average molecular weight is 737 g/mol. The number of likely N-dealkylation sites (N-methyl/N-ethyl adjacent to an activating group) is 2. The number of nitrogens with zero attached hydrogens (tertiary/aromatic N) is 2. The van der Waals surface area contributed by atoms with Crippen molar-refractivity contribution in [3.05, 3.63) is 104 Å². The second-order valence-electron chi connectivity index (χ2n) is 14.1. The van der Waals surface area contributed by atoms with Crippen molar-refractivity contribution in [2.45, 2.75) is 70.1 Å². The van der Waals surface area contributed by atoms with Crippen molar-refractivity contribution in [1.82, 2.24) is 31.1 Å². The molecule has 4 rings (SSSR count). The van der Waals surface area contributed by atoms with Gasteiger partial charge in [0.1, 0.15) is 11.5 Å². The molecule has 10 nitrogen and oxygen atoms in total. The number of rotatable bonds is 16. The molecule has 0 bridgehead atoms. The standard InChI is InChI=1S/C20H29N3O2S.C19H27N3O2S/c1-20(2,12-16-8-9-26-14-16)22-19(25)21-13-17(23(3)4)10-15-6-5-7-18(24)11-15;1-14(9-16-7-8-25-13-16)21-19(24)20-12-17(22(2)3)10-15-5-4-6-18(23)11-15/h5-9,11,14,17,24H,10,12-13H2,1-4H3,(H2,21,22,25);4-8,11,13-14,17,23H,9-10,12H2,1-3H3,(H2,20,21,24)/t17-;14-,17-/m00/s1. The van der Waals surface area contributed by atoms with Crippen LogP contribution in [0, 0.1) is 0 Å². The van der Waals surface area contributed by atoms with E-state index >= 15 is 0 Å². The average Bonchev–Trinajstić information content (AvgIpc) is 3.75. The number of carbonyl (C=O) groups excluding carboxylic acids is 2. The molecule has 0 aliphatic carbocycles. The molecule has 0 radical (unpaired) electrons. The van der Waals surface area contributed by atoms with E-state index in [1.54, 1.807) is 46.9 Å². The summed E-state index contributed by atoms with van der Waals surface area (Å²) in [6.07, 6.45) is 3.13. The third kappa shape index (κ3) is 16.2. The molecule has 51 heavy (non-hydrogen) atoms. The number of phenolic OH excluding ortho intramolecular Hbond substituents is 2. The number of carbonyl (C=O) groups is 2. The summed E-state index contributed by atoms with van der Waals surface area (Å²) in [6.45, 7) is 7.14. The molecule has 3 atom stereocenters. The maximum absolute atomic E-state index is 12.3. The van der Waals surface area contributed by atoms with Crippen LogP contribution in [0.1, 0.15) is 43.0 Å². The molecular formula is C39H56N6O4S2. The highest BCUT2D eigenvalue weighted by molar-refractivity contribution is 7.08. The van der Waals surface area contributed by atoms with Crippen LogP contribution in [-0.2, 0) is 25.7 Å². The summed E-state index contributed by atoms with van der Waals surface area (Å²) < 4.78 is 0. The molecule has 0 aliphatic heterocycles. The first-order chi connectivity index (χ1) is 24.2. The number of urea groups is 2. The van der Waals surface area contributed by atoms with E-state index in [-0.39, 0.29) is 47.2 Å². The predicted octanol–water partition coefficient (Wildman–Crippen LogP) is 6.10. The first-order valence-electron chi connectivity index (χ1n) is 17.2. The first kappa shape index (κ1) is 41.3. The Labute approximate surface area is 311 Å². The molecule has 0 unspecified atom stereocenters. The Bertz CT molecular complexity index is 1590. The molecule has 2 aromatic carbocycles. The molecular weight excluding hydrogens is 681 g/mol. The summed E-state index contributed by atoms with van der Waals surface area (Å²) in [4.78, 5) is 28.6. The number of nitrogens with one attached hydrogen (secondary N) is 4. The fraction of sp³-hybridized carbons (Fsp3) is 0.436. The Kier molecular flexibility index (Phi) is 16.8. The smallest absolute Gasteiger partial charge is 0.315 e. The van der Waals surface area contributed by atoms with Gasteiger partial charge in [-0.1, -0.05) is 24.3 Å². The lowest BCUT2D eigenvalue weighted by molar-refractivity contribution is 0.221. The fourth-order valence-corrected chi connectivity index (χ4v) is 6.94. The Hall–Kier alpha value is -4.10. The van der Waals surface area contributed by atoms with Gasteiger partial charge in [0.2, 0.25) is 0 Å². The highest BCUT2D eigenvalue weighted by Gasteiger charge is 2.22. The third-order valence-corrected chi connectivity index (χ3v) is 9.86. The van der Waals surface area contributed by atoms with E-state index in [1.165, 1.54) is 11.1 Å². The summed E-state index contributed by atoms with van der Waals surface area (Å²) >= 11 is 3.33. The van der Waals surface area contributed by atoms with Gasteiger partial charge in [-0.05, 0) is 155 Å². The summed E-state index contributed by atoms with van der Waals surface area (Å²) in [5.41, 5.74) is 4.25. The zero-order valence-electron chi connectivity index (χ0n) is 31.0. The lowest BCUT2D eigenvalue weighted by Crippen LogP contribution is -2.52. The fourth-order valence-electron chi connectivity index (χ4n) is 5.59. The molecule has 0 spiro atoms. The van der Waals surface area contributed by atoms with Gasteiger partial charge in [-0.25, -0.2) is 9.59 Å². The van der Waals surface area contributed by atoms with Crippen molar-refractivity contribution in [3.63, 3.8) is 0 Å². The zero-order valence-corrected chi connectivity index (χ0v) is 32.6. The molecule has 4 aromatic rings.